The molecule has 0 radical (unpaired) electrons. The van der Waals surface area contributed by atoms with Gasteiger partial charge in [-0.25, -0.2) is 14.5 Å². The van der Waals surface area contributed by atoms with Gasteiger partial charge < -0.3 is 20.6 Å². The van der Waals surface area contributed by atoms with Crippen LogP contribution < -0.4 is 25.9 Å². The summed E-state index contributed by atoms with van der Waals surface area (Å²) in [6.45, 7) is 0.932. The summed E-state index contributed by atoms with van der Waals surface area (Å²) in [5.74, 6) is 6.60. The van der Waals surface area contributed by atoms with Gasteiger partial charge in [0.05, 0.1) is 17.6 Å². The molecule has 1 aliphatic heterocycles. The van der Waals surface area contributed by atoms with Crippen LogP contribution in [0.15, 0.2) is 59.9 Å². The molecule has 0 atom stereocenters. The standard InChI is InChI=1S/C20H19N5O4S/c21-25-11-15(13-4-2-1-3-5-13)23-20(25)30-12-18(26)24-19(27)22-14-6-7-16-17(10-14)29-9-8-28-16/h1-7,10-11H,8-9,12,21H2,(H2,22,24,26,27). The molecule has 0 fully saturated rings. The van der Waals surface area contributed by atoms with Gasteiger partial charge in [-0.2, -0.15) is 0 Å². The first-order chi connectivity index (χ1) is 14.6. The molecule has 0 bridgehead atoms. The van der Waals surface area contributed by atoms with Gasteiger partial charge in [-0.1, -0.05) is 42.1 Å². The summed E-state index contributed by atoms with van der Waals surface area (Å²) in [5.41, 5.74) is 2.12. The Hall–Kier alpha value is -3.66. The predicted molar refractivity (Wildman–Crippen MR) is 113 cm³/mol. The Labute approximate surface area is 176 Å². The average Bonchev–Trinajstić information content (AvgIpc) is 3.13. The molecule has 0 aliphatic carbocycles. The number of imide groups is 1. The first-order valence-corrected chi connectivity index (χ1v) is 10.1. The lowest BCUT2D eigenvalue weighted by Crippen LogP contribution is -2.35. The van der Waals surface area contributed by atoms with E-state index in [0.29, 0.717) is 41.3 Å². The van der Waals surface area contributed by atoms with Gasteiger partial charge in [0.25, 0.3) is 0 Å². The summed E-state index contributed by atoms with van der Waals surface area (Å²) in [6.07, 6.45) is 1.68. The first-order valence-electron chi connectivity index (χ1n) is 9.11. The van der Waals surface area contributed by atoms with Gasteiger partial charge in [0, 0.05) is 17.3 Å². The molecular weight excluding hydrogens is 406 g/mol. The molecule has 154 valence electrons. The summed E-state index contributed by atoms with van der Waals surface area (Å²) in [6, 6.07) is 13.9. The number of ether oxygens (including phenoxy) is 2. The topological polar surface area (TPSA) is 120 Å². The molecule has 2 heterocycles. The van der Waals surface area contributed by atoms with E-state index in [1.165, 1.54) is 4.68 Å². The fourth-order valence-electron chi connectivity index (χ4n) is 2.81. The predicted octanol–water partition coefficient (Wildman–Crippen LogP) is 2.48. The second-order valence-corrected chi connectivity index (χ2v) is 7.27. The van der Waals surface area contributed by atoms with E-state index in [4.69, 9.17) is 15.3 Å². The lowest BCUT2D eigenvalue weighted by Gasteiger charge is -2.19. The average molecular weight is 425 g/mol. The van der Waals surface area contributed by atoms with Gasteiger partial charge >= 0.3 is 6.03 Å². The van der Waals surface area contributed by atoms with Gasteiger partial charge in [0.1, 0.15) is 13.2 Å². The van der Waals surface area contributed by atoms with Crippen molar-refractivity contribution < 1.29 is 19.1 Å². The number of nitrogens with two attached hydrogens (primary N) is 1. The Morgan fingerprint density at radius 3 is 2.67 bits per heavy atom. The monoisotopic (exact) mass is 425 g/mol. The quantitative estimate of drug-likeness (QED) is 0.424. The number of carbonyl (C=O) groups is 2. The number of thioether (sulfide) groups is 1. The number of amides is 3. The van der Waals surface area contributed by atoms with Crippen molar-refractivity contribution in [2.75, 3.05) is 30.1 Å². The van der Waals surface area contributed by atoms with E-state index < -0.39 is 11.9 Å². The molecule has 0 spiro atoms. The molecule has 4 rings (SSSR count). The number of rotatable bonds is 5. The van der Waals surface area contributed by atoms with Crippen LogP contribution >= 0.6 is 11.8 Å². The minimum Gasteiger partial charge on any atom is -0.486 e. The van der Waals surface area contributed by atoms with Crippen LogP contribution in [0.1, 0.15) is 0 Å². The minimum absolute atomic E-state index is 0.0169. The van der Waals surface area contributed by atoms with Crippen LogP contribution in [0.4, 0.5) is 10.5 Å². The van der Waals surface area contributed by atoms with Crippen LogP contribution in [-0.2, 0) is 4.79 Å². The number of nitrogens with one attached hydrogen (secondary N) is 2. The Morgan fingerprint density at radius 2 is 1.87 bits per heavy atom. The van der Waals surface area contributed by atoms with Crippen molar-refractivity contribution in [2.45, 2.75) is 5.16 Å². The molecule has 0 saturated heterocycles. The summed E-state index contributed by atoms with van der Waals surface area (Å²) in [5, 5.41) is 5.34. The number of nitrogens with zero attached hydrogens (tertiary/aromatic N) is 2. The molecule has 9 nitrogen and oxygen atoms in total. The smallest absolute Gasteiger partial charge is 0.325 e. The zero-order valence-corrected chi connectivity index (χ0v) is 16.6. The van der Waals surface area contributed by atoms with Crippen LogP contribution in [0.3, 0.4) is 0 Å². The summed E-state index contributed by atoms with van der Waals surface area (Å²) >= 11 is 1.14. The molecule has 3 aromatic rings. The van der Waals surface area contributed by atoms with E-state index >= 15 is 0 Å². The van der Waals surface area contributed by atoms with Gasteiger partial charge in [-0.05, 0) is 12.1 Å². The number of aromatic nitrogens is 2. The number of urea groups is 1. The number of anilines is 1. The highest BCUT2D eigenvalue weighted by atomic mass is 32.2. The maximum atomic E-state index is 12.1. The molecule has 4 N–H and O–H groups in total. The van der Waals surface area contributed by atoms with Crippen LogP contribution in [-0.4, -0.2) is 40.6 Å². The molecule has 3 amide bonds. The van der Waals surface area contributed by atoms with E-state index in [1.54, 1.807) is 24.4 Å². The van der Waals surface area contributed by atoms with Crippen molar-refractivity contribution in [1.29, 1.82) is 0 Å². The maximum Gasteiger partial charge on any atom is 0.325 e. The number of benzene rings is 2. The molecule has 0 unspecified atom stereocenters. The minimum atomic E-state index is -0.640. The van der Waals surface area contributed by atoms with Crippen molar-refractivity contribution in [3.05, 3.63) is 54.7 Å². The van der Waals surface area contributed by atoms with Crippen molar-refractivity contribution in [1.82, 2.24) is 15.0 Å². The van der Waals surface area contributed by atoms with Crippen molar-refractivity contribution in [2.24, 2.45) is 0 Å². The van der Waals surface area contributed by atoms with Gasteiger partial charge in [0.15, 0.2) is 16.7 Å². The summed E-state index contributed by atoms with van der Waals surface area (Å²) in [7, 11) is 0. The summed E-state index contributed by atoms with van der Waals surface area (Å²) in [4.78, 5) is 28.6. The molecule has 10 heteroatoms. The van der Waals surface area contributed by atoms with Gasteiger partial charge in [-0.3, -0.25) is 10.1 Å². The van der Waals surface area contributed by atoms with E-state index in [-0.39, 0.29) is 5.75 Å². The van der Waals surface area contributed by atoms with Crippen molar-refractivity contribution in [3.63, 3.8) is 0 Å². The lowest BCUT2D eigenvalue weighted by atomic mass is 10.2. The maximum absolute atomic E-state index is 12.1. The number of nitrogen functional groups attached to an aromatic ring is 1. The zero-order valence-electron chi connectivity index (χ0n) is 15.8. The van der Waals surface area contributed by atoms with Crippen LogP contribution in [0.2, 0.25) is 0 Å². The molecule has 1 aliphatic rings. The lowest BCUT2D eigenvalue weighted by molar-refractivity contribution is -0.117. The number of carbonyl (C=O) groups excluding carboxylic acids is 2. The Balaban J connectivity index is 1.30. The number of hydrogen-bond donors (Lipinski definition) is 3. The second-order valence-electron chi connectivity index (χ2n) is 6.33. The van der Waals surface area contributed by atoms with Gasteiger partial charge in [-0.15, -0.1) is 0 Å². The second kappa shape index (κ2) is 8.78. The van der Waals surface area contributed by atoms with Crippen molar-refractivity contribution in [3.8, 4) is 22.8 Å². The highest BCUT2D eigenvalue weighted by Crippen LogP contribution is 2.32. The number of imidazole rings is 1. The molecule has 2 aromatic carbocycles. The largest absolute Gasteiger partial charge is 0.486 e. The molecule has 0 saturated carbocycles. The van der Waals surface area contributed by atoms with Crippen LogP contribution in [0.25, 0.3) is 11.3 Å². The first kappa shape index (κ1) is 19.6. The number of fused-ring (bicyclic) bond motifs is 1. The van der Waals surface area contributed by atoms with Crippen LogP contribution in [0, 0.1) is 0 Å². The fourth-order valence-corrected chi connectivity index (χ4v) is 3.50. The van der Waals surface area contributed by atoms with E-state index in [2.05, 4.69) is 15.6 Å². The van der Waals surface area contributed by atoms with Crippen LogP contribution in [0.5, 0.6) is 11.5 Å². The normalized spacial score (nSPS) is 12.3. The SMILES string of the molecule is Nn1cc(-c2ccccc2)nc1SCC(=O)NC(=O)Nc1ccc2c(c1)OCCO2. The highest BCUT2D eigenvalue weighted by molar-refractivity contribution is 7.99. The van der Waals surface area contributed by atoms with E-state index in [1.807, 2.05) is 30.3 Å². The van der Waals surface area contributed by atoms with Crippen molar-refractivity contribution >= 4 is 29.4 Å². The Kier molecular flexibility index (Phi) is 5.75. The zero-order chi connectivity index (χ0) is 20.9. The summed E-state index contributed by atoms with van der Waals surface area (Å²) < 4.78 is 12.3. The highest BCUT2D eigenvalue weighted by Gasteiger charge is 2.15. The Bertz CT molecular complexity index is 1070. The third-order valence-corrected chi connectivity index (χ3v) is 5.12. The molecule has 30 heavy (non-hydrogen) atoms. The third kappa shape index (κ3) is 4.66. The molecule has 1 aromatic heterocycles. The van der Waals surface area contributed by atoms with E-state index in [9.17, 15) is 9.59 Å². The Morgan fingerprint density at radius 1 is 1.10 bits per heavy atom. The molecular formula is C20H19N5O4S. The van der Waals surface area contributed by atoms with Gasteiger partial charge in [0.2, 0.25) is 5.91 Å². The number of hydrogen-bond acceptors (Lipinski definition) is 7. The van der Waals surface area contributed by atoms with E-state index in [0.717, 1.165) is 17.3 Å². The fraction of sp³-hybridized carbons (Fsp3) is 0.150. The third-order valence-electron chi connectivity index (χ3n) is 4.15.